The molecule has 1 rings (SSSR count). The van der Waals surface area contributed by atoms with Crippen LogP contribution in [0.4, 0.5) is 5.69 Å². The molecular weight excluding hydrogens is 192 g/mol. The van der Waals surface area contributed by atoms with Crippen LogP contribution in [0.2, 0.25) is 0 Å². The number of hydrogen-bond acceptors (Lipinski definition) is 3. The van der Waals surface area contributed by atoms with Crippen LogP contribution < -0.4 is 11.1 Å². The van der Waals surface area contributed by atoms with E-state index >= 15 is 0 Å². The molecule has 0 bridgehead atoms. The smallest absolute Gasteiger partial charge is 0.227 e. The van der Waals surface area contributed by atoms with Gasteiger partial charge < -0.3 is 16.2 Å². The Morgan fingerprint density at radius 3 is 2.80 bits per heavy atom. The van der Waals surface area contributed by atoms with Crippen molar-refractivity contribution in [2.24, 2.45) is 11.7 Å². The van der Waals surface area contributed by atoms with Crippen LogP contribution in [0.3, 0.4) is 0 Å². The van der Waals surface area contributed by atoms with Crippen molar-refractivity contribution >= 4 is 11.6 Å². The molecule has 0 aliphatic carbocycles. The number of carbonyl (C=O) groups is 1. The van der Waals surface area contributed by atoms with Crippen LogP contribution >= 0.6 is 0 Å². The van der Waals surface area contributed by atoms with Gasteiger partial charge in [0.25, 0.3) is 0 Å². The predicted molar refractivity (Wildman–Crippen MR) is 59.6 cm³/mol. The largest absolute Gasteiger partial charge is 0.506 e. The number of phenolic OH excluding ortho intramolecular Hbond substituents is 1. The molecule has 4 N–H and O–H groups in total. The Morgan fingerprint density at radius 1 is 1.53 bits per heavy atom. The normalized spacial score (nSPS) is 12.1. The molecule has 1 amide bonds. The summed E-state index contributed by atoms with van der Waals surface area (Å²) in [6.07, 6.45) is 0.638. The Labute approximate surface area is 89.1 Å². The van der Waals surface area contributed by atoms with Crippen LogP contribution in [0.1, 0.15) is 13.3 Å². The maximum absolute atomic E-state index is 11.6. The zero-order valence-electron chi connectivity index (χ0n) is 8.73. The van der Waals surface area contributed by atoms with Gasteiger partial charge in [-0.05, 0) is 25.1 Å². The highest BCUT2D eigenvalue weighted by molar-refractivity contribution is 5.93. The van der Waals surface area contributed by atoms with E-state index in [0.717, 1.165) is 0 Å². The fourth-order valence-corrected chi connectivity index (χ4v) is 1.22. The summed E-state index contributed by atoms with van der Waals surface area (Å²) < 4.78 is 0. The quantitative estimate of drug-likeness (QED) is 0.653. The molecule has 0 aromatic heterocycles. The van der Waals surface area contributed by atoms with Gasteiger partial charge in [0.05, 0.1) is 5.69 Å². The highest BCUT2D eigenvalue weighted by Crippen LogP contribution is 2.22. The molecule has 15 heavy (non-hydrogen) atoms. The maximum Gasteiger partial charge on any atom is 0.227 e. The van der Waals surface area contributed by atoms with Crippen LogP contribution in [0.5, 0.6) is 5.75 Å². The van der Waals surface area contributed by atoms with Crippen LogP contribution in [0.15, 0.2) is 24.3 Å². The molecule has 0 spiro atoms. The second-order valence-electron chi connectivity index (χ2n) is 3.48. The van der Waals surface area contributed by atoms with Crippen LogP contribution in [0.25, 0.3) is 0 Å². The molecule has 0 heterocycles. The second kappa shape index (κ2) is 5.36. The molecule has 4 nitrogen and oxygen atoms in total. The predicted octanol–water partition coefficient (Wildman–Crippen LogP) is 1.32. The van der Waals surface area contributed by atoms with Gasteiger partial charge in [0.2, 0.25) is 5.91 Å². The van der Waals surface area contributed by atoms with Gasteiger partial charge in [-0.1, -0.05) is 19.1 Å². The lowest BCUT2D eigenvalue weighted by atomic mass is 10.1. The van der Waals surface area contributed by atoms with Gasteiger partial charge in [0, 0.05) is 5.92 Å². The summed E-state index contributed by atoms with van der Waals surface area (Å²) in [6.45, 7) is 2.29. The van der Waals surface area contributed by atoms with Gasteiger partial charge in [-0.15, -0.1) is 0 Å². The minimum absolute atomic E-state index is 0.0748. The second-order valence-corrected chi connectivity index (χ2v) is 3.48. The number of nitrogens with one attached hydrogen (secondary N) is 1. The molecule has 0 fully saturated rings. The van der Waals surface area contributed by atoms with Crippen molar-refractivity contribution in [3.8, 4) is 5.75 Å². The first-order chi connectivity index (χ1) is 7.15. The SMILES string of the molecule is CC(CCN)C(=O)Nc1ccccc1O. The summed E-state index contributed by atoms with van der Waals surface area (Å²) in [5.41, 5.74) is 5.80. The monoisotopic (exact) mass is 208 g/mol. The van der Waals surface area contributed by atoms with Crippen LogP contribution in [0, 0.1) is 5.92 Å². The highest BCUT2D eigenvalue weighted by atomic mass is 16.3. The fraction of sp³-hybridized carbons (Fsp3) is 0.364. The molecule has 0 saturated carbocycles. The Morgan fingerprint density at radius 2 is 2.20 bits per heavy atom. The Hall–Kier alpha value is -1.55. The van der Waals surface area contributed by atoms with Crippen molar-refractivity contribution in [2.75, 3.05) is 11.9 Å². The molecule has 1 aromatic rings. The lowest BCUT2D eigenvalue weighted by molar-refractivity contribution is -0.119. The van der Waals surface area contributed by atoms with Gasteiger partial charge in [-0.2, -0.15) is 0 Å². The van der Waals surface area contributed by atoms with Crippen molar-refractivity contribution in [3.05, 3.63) is 24.3 Å². The summed E-state index contributed by atoms with van der Waals surface area (Å²) in [6, 6.07) is 6.64. The van der Waals surface area contributed by atoms with Crippen LogP contribution in [-0.2, 0) is 4.79 Å². The average molecular weight is 208 g/mol. The van der Waals surface area contributed by atoms with Gasteiger partial charge in [0.15, 0.2) is 0 Å². The lowest BCUT2D eigenvalue weighted by Gasteiger charge is -2.11. The average Bonchev–Trinajstić information content (AvgIpc) is 2.21. The summed E-state index contributed by atoms with van der Waals surface area (Å²) in [7, 11) is 0. The Kier molecular flexibility index (Phi) is 4.12. The maximum atomic E-state index is 11.6. The van der Waals surface area contributed by atoms with Gasteiger partial charge in [0.1, 0.15) is 5.75 Å². The molecule has 0 aliphatic rings. The third-order valence-corrected chi connectivity index (χ3v) is 2.21. The number of hydrogen-bond donors (Lipinski definition) is 3. The minimum atomic E-state index is -0.144. The molecule has 0 aliphatic heterocycles. The van der Waals surface area contributed by atoms with Crippen molar-refractivity contribution in [3.63, 3.8) is 0 Å². The molecule has 1 aromatic carbocycles. The number of aromatic hydroxyl groups is 1. The fourth-order valence-electron chi connectivity index (χ4n) is 1.22. The van der Waals surface area contributed by atoms with E-state index < -0.39 is 0 Å². The van der Waals surface area contributed by atoms with Gasteiger partial charge in [-0.3, -0.25) is 4.79 Å². The minimum Gasteiger partial charge on any atom is -0.506 e. The van der Waals surface area contributed by atoms with E-state index in [1.54, 1.807) is 18.2 Å². The molecule has 1 atom stereocenters. The zero-order chi connectivity index (χ0) is 11.3. The molecule has 1 unspecified atom stereocenters. The van der Waals surface area contributed by atoms with E-state index in [0.29, 0.717) is 18.7 Å². The Balaban J connectivity index is 2.62. The molecule has 4 heteroatoms. The third kappa shape index (κ3) is 3.25. The van der Waals surface area contributed by atoms with E-state index in [-0.39, 0.29) is 17.6 Å². The number of benzene rings is 1. The topological polar surface area (TPSA) is 75.4 Å². The van der Waals surface area contributed by atoms with Crippen molar-refractivity contribution in [1.82, 2.24) is 0 Å². The summed E-state index contributed by atoms with van der Waals surface area (Å²) in [5.74, 6) is -0.192. The summed E-state index contributed by atoms with van der Waals surface area (Å²) >= 11 is 0. The first kappa shape index (κ1) is 11.5. The highest BCUT2D eigenvalue weighted by Gasteiger charge is 2.12. The van der Waals surface area contributed by atoms with E-state index in [2.05, 4.69) is 5.32 Å². The van der Waals surface area contributed by atoms with Gasteiger partial charge in [-0.25, -0.2) is 0 Å². The van der Waals surface area contributed by atoms with E-state index in [9.17, 15) is 9.90 Å². The first-order valence-electron chi connectivity index (χ1n) is 4.94. The van der Waals surface area contributed by atoms with E-state index in [4.69, 9.17) is 5.73 Å². The number of anilines is 1. The van der Waals surface area contributed by atoms with Crippen LogP contribution in [-0.4, -0.2) is 17.6 Å². The lowest BCUT2D eigenvalue weighted by Crippen LogP contribution is -2.22. The standard InChI is InChI=1S/C11H16N2O2/c1-8(6-7-12)11(15)13-9-4-2-3-5-10(9)14/h2-5,8,14H,6-7,12H2,1H3,(H,13,15). The van der Waals surface area contributed by atoms with Crippen molar-refractivity contribution in [1.29, 1.82) is 0 Å². The number of rotatable bonds is 4. The number of carbonyl (C=O) groups excluding carboxylic acids is 1. The van der Waals surface area contributed by atoms with E-state index in [1.165, 1.54) is 6.07 Å². The molecule has 0 saturated heterocycles. The molecular formula is C11H16N2O2. The summed E-state index contributed by atoms with van der Waals surface area (Å²) in [4.78, 5) is 11.6. The number of nitrogens with two attached hydrogens (primary N) is 1. The number of phenols is 1. The summed E-state index contributed by atoms with van der Waals surface area (Å²) in [5, 5.41) is 12.1. The first-order valence-corrected chi connectivity index (χ1v) is 4.94. The van der Waals surface area contributed by atoms with Crippen molar-refractivity contribution in [2.45, 2.75) is 13.3 Å². The Bertz CT molecular complexity index is 339. The molecule has 0 radical (unpaired) electrons. The number of para-hydroxylation sites is 2. The number of amides is 1. The third-order valence-electron chi connectivity index (χ3n) is 2.21. The van der Waals surface area contributed by atoms with Crippen molar-refractivity contribution < 1.29 is 9.90 Å². The molecule has 82 valence electrons. The zero-order valence-corrected chi connectivity index (χ0v) is 8.73. The van der Waals surface area contributed by atoms with E-state index in [1.807, 2.05) is 6.92 Å². The van der Waals surface area contributed by atoms with Gasteiger partial charge >= 0.3 is 0 Å².